The number of hydrogen-bond donors (Lipinski definition) is 1. The number of fused-ring (bicyclic) bond motifs is 1. The molecule has 0 atom stereocenters. The summed E-state index contributed by atoms with van der Waals surface area (Å²) in [4.78, 5) is 11.6. The summed E-state index contributed by atoms with van der Waals surface area (Å²) in [5.74, 6) is 0. The third-order valence-electron chi connectivity index (χ3n) is 2.61. The molecule has 1 aromatic carbocycles. The molecular weight excluding hydrogens is 176 g/mol. The Labute approximate surface area is 81.8 Å². The average molecular weight is 188 g/mol. The topological polar surface area (TPSA) is 48.0 Å². The van der Waals surface area contributed by atoms with Crippen LogP contribution in [0.25, 0.3) is 10.9 Å². The molecule has 0 bridgehead atoms. The Morgan fingerprint density at radius 2 is 1.93 bits per heavy atom. The van der Waals surface area contributed by atoms with Crippen molar-refractivity contribution < 1.29 is 0 Å². The maximum absolute atomic E-state index is 11.6. The first-order valence-corrected chi connectivity index (χ1v) is 4.46. The largest absolute Gasteiger partial charge is 0.394 e. The number of rotatable bonds is 0. The van der Waals surface area contributed by atoms with Gasteiger partial charge >= 0.3 is 0 Å². The van der Waals surface area contributed by atoms with E-state index in [2.05, 4.69) is 0 Å². The Balaban J connectivity index is 3.10. The second kappa shape index (κ2) is 2.87. The number of pyridine rings is 1. The quantitative estimate of drug-likeness (QED) is 0.679. The standard InChI is InChI=1S/C11H12N2O/c1-7-8-5-3-4-6-9(8)13(2)11(14)10(7)12/h3-6H,12H2,1-2H3. The van der Waals surface area contributed by atoms with Gasteiger partial charge in [0.2, 0.25) is 0 Å². The molecule has 3 heteroatoms. The van der Waals surface area contributed by atoms with Crippen LogP contribution in [0.15, 0.2) is 29.1 Å². The van der Waals surface area contributed by atoms with E-state index in [9.17, 15) is 4.79 Å². The highest BCUT2D eigenvalue weighted by Gasteiger charge is 2.07. The summed E-state index contributed by atoms with van der Waals surface area (Å²) in [6.45, 7) is 1.87. The second-order valence-electron chi connectivity index (χ2n) is 3.42. The molecule has 72 valence electrons. The maximum Gasteiger partial charge on any atom is 0.274 e. The van der Waals surface area contributed by atoms with Crippen molar-refractivity contribution in [2.24, 2.45) is 7.05 Å². The van der Waals surface area contributed by atoms with Crippen LogP contribution in [-0.2, 0) is 7.05 Å². The molecule has 0 aliphatic carbocycles. The van der Waals surface area contributed by atoms with Gasteiger partial charge in [-0.2, -0.15) is 0 Å². The summed E-state index contributed by atoms with van der Waals surface area (Å²) in [5, 5.41) is 1.03. The number of hydrogen-bond acceptors (Lipinski definition) is 2. The number of para-hydroxylation sites is 1. The van der Waals surface area contributed by atoms with Gasteiger partial charge < -0.3 is 10.3 Å². The minimum absolute atomic E-state index is 0.124. The number of aryl methyl sites for hydroxylation is 2. The van der Waals surface area contributed by atoms with Crippen molar-refractivity contribution in [2.45, 2.75) is 6.92 Å². The first-order chi connectivity index (χ1) is 6.63. The van der Waals surface area contributed by atoms with Crippen LogP contribution in [0.1, 0.15) is 5.56 Å². The molecule has 0 aliphatic rings. The molecule has 14 heavy (non-hydrogen) atoms. The zero-order valence-electron chi connectivity index (χ0n) is 8.24. The van der Waals surface area contributed by atoms with Crippen molar-refractivity contribution in [3.8, 4) is 0 Å². The molecule has 0 radical (unpaired) electrons. The third kappa shape index (κ3) is 1.02. The van der Waals surface area contributed by atoms with Crippen molar-refractivity contribution in [1.29, 1.82) is 0 Å². The summed E-state index contributed by atoms with van der Waals surface area (Å²) < 4.78 is 1.58. The zero-order valence-corrected chi connectivity index (χ0v) is 8.24. The number of nitrogens with two attached hydrogens (primary N) is 1. The molecule has 2 aromatic rings. The molecular formula is C11H12N2O. The van der Waals surface area contributed by atoms with Crippen molar-refractivity contribution in [3.05, 3.63) is 40.2 Å². The van der Waals surface area contributed by atoms with Crippen LogP contribution < -0.4 is 11.3 Å². The van der Waals surface area contributed by atoms with Crippen molar-refractivity contribution >= 4 is 16.6 Å². The van der Waals surface area contributed by atoms with Gasteiger partial charge in [-0.25, -0.2) is 0 Å². The third-order valence-corrected chi connectivity index (χ3v) is 2.61. The highest BCUT2D eigenvalue weighted by atomic mass is 16.1. The van der Waals surface area contributed by atoms with Crippen LogP contribution in [0.5, 0.6) is 0 Å². The highest BCUT2D eigenvalue weighted by Crippen LogP contribution is 2.19. The molecule has 1 aromatic heterocycles. The average Bonchev–Trinajstić information content (AvgIpc) is 2.23. The number of aromatic nitrogens is 1. The van der Waals surface area contributed by atoms with Gasteiger partial charge in [0.05, 0.1) is 5.52 Å². The molecule has 2 N–H and O–H groups in total. The molecule has 1 heterocycles. The summed E-state index contributed by atoms with van der Waals surface area (Å²) in [7, 11) is 1.74. The van der Waals surface area contributed by atoms with E-state index in [1.165, 1.54) is 0 Å². The molecule has 0 aliphatic heterocycles. The van der Waals surface area contributed by atoms with Crippen molar-refractivity contribution in [2.75, 3.05) is 5.73 Å². The van der Waals surface area contributed by atoms with Crippen molar-refractivity contribution in [3.63, 3.8) is 0 Å². The number of anilines is 1. The maximum atomic E-state index is 11.6. The summed E-state index contributed by atoms with van der Waals surface area (Å²) in [5.41, 5.74) is 7.72. The fourth-order valence-corrected chi connectivity index (χ4v) is 1.68. The lowest BCUT2D eigenvalue weighted by Gasteiger charge is -2.09. The summed E-state index contributed by atoms with van der Waals surface area (Å²) >= 11 is 0. The Bertz CT molecular complexity index is 555. The normalized spacial score (nSPS) is 10.7. The van der Waals surface area contributed by atoms with Gasteiger partial charge in [0.15, 0.2) is 0 Å². The van der Waals surface area contributed by atoms with E-state index in [-0.39, 0.29) is 5.56 Å². The van der Waals surface area contributed by atoms with Gasteiger partial charge in [0.1, 0.15) is 5.69 Å². The predicted octanol–water partition coefficient (Wildman–Crippen LogP) is 1.43. The molecule has 2 rings (SSSR count). The highest BCUT2D eigenvalue weighted by molar-refractivity contribution is 5.86. The molecule has 0 spiro atoms. The van der Waals surface area contributed by atoms with E-state index < -0.39 is 0 Å². The van der Waals surface area contributed by atoms with Crippen LogP contribution in [0, 0.1) is 6.92 Å². The van der Waals surface area contributed by atoms with E-state index >= 15 is 0 Å². The molecule has 3 nitrogen and oxygen atoms in total. The van der Waals surface area contributed by atoms with E-state index in [4.69, 9.17) is 5.73 Å². The molecule has 0 saturated carbocycles. The summed E-state index contributed by atoms with van der Waals surface area (Å²) in [6, 6.07) is 7.75. The molecule has 0 saturated heterocycles. The molecule has 0 amide bonds. The van der Waals surface area contributed by atoms with Gasteiger partial charge in [0, 0.05) is 12.4 Å². The van der Waals surface area contributed by atoms with E-state index in [0.29, 0.717) is 5.69 Å². The van der Waals surface area contributed by atoms with Gasteiger partial charge in [0.25, 0.3) is 5.56 Å². The Morgan fingerprint density at radius 3 is 2.64 bits per heavy atom. The first-order valence-electron chi connectivity index (χ1n) is 4.46. The zero-order chi connectivity index (χ0) is 10.3. The lowest BCUT2D eigenvalue weighted by Crippen LogP contribution is -2.21. The Kier molecular flexibility index (Phi) is 1.81. The van der Waals surface area contributed by atoms with Crippen LogP contribution in [0.3, 0.4) is 0 Å². The monoisotopic (exact) mass is 188 g/mol. The van der Waals surface area contributed by atoms with E-state index in [0.717, 1.165) is 16.5 Å². The lowest BCUT2D eigenvalue weighted by molar-refractivity contribution is 0.907. The Morgan fingerprint density at radius 1 is 1.29 bits per heavy atom. The number of benzene rings is 1. The first kappa shape index (κ1) is 8.81. The molecule has 0 unspecified atom stereocenters. The van der Waals surface area contributed by atoms with Gasteiger partial charge in [-0.05, 0) is 18.6 Å². The summed E-state index contributed by atoms with van der Waals surface area (Å²) in [6.07, 6.45) is 0. The van der Waals surface area contributed by atoms with Crippen LogP contribution in [-0.4, -0.2) is 4.57 Å². The van der Waals surface area contributed by atoms with Gasteiger partial charge in [-0.15, -0.1) is 0 Å². The van der Waals surface area contributed by atoms with Crippen LogP contribution in [0.4, 0.5) is 5.69 Å². The predicted molar refractivity (Wildman–Crippen MR) is 58.3 cm³/mol. The number of nitrogen functional groups attached to an aromatic ring is 1. The smallest absolute Gasteiger partial charge is 0.274 e. The second-order valence-corrected chi connectivity index (χ2v) is 3.42. The fraction of sp³-hybridized carbons (Fsp3) is 0.182. The molecule has 0 fully saturated rings. The minimum atomic E-state index is -0.124. The minimum Gasteiger partial charge on any atom is -0.394 e. The van der Waals surface area contributed by atoms with E-state index in [1.807, 2.05) is 31.2 Å². The lowest BCUT2D eigenvalue weighted by atomic mass is 10.1. The van der Waals surface area contributed by atoms with Crippen LogP contribution >= 0.6 is 0 Å². The van der Waals surface area contributed by atoms with Gasteiger partial charge in [-0.3, -0.25) is 4.79 Å². The van der Waals surface area contributed by atoms with Gasteiger partial charge in [-0.1, -0.05) is 18.2 Å². The fourth-order valence-electron chi connectivity index (χ4n) is 1.68. The van der Waals surface area contributed by atoms with Crippen molar-refractivity contribution in [1.82, 2.24) is 4.57 Å². The van der Waals surface area contributed by atoms with E-state index in [1.54, 1.807) is 11.6 Å². The van der Waals surface area contributed by atoms with Crippen LogP contribution in [0.2, 0.25) is 0 Å². The number of nitrogens with zero attached hydrogens (tertiary/aromatic N) is 1. The SMILES string of the molecule is Cc1c(N)c(=O)n(C)c2ccccc12. The Hall–Kier alpha value is -1.77.